The van der Waals surface area contributed by atoms with E-state index < -0.39 is 10.0 Å². The number of anilines is 1. The molecule has 0 aliphatic carbocycles. The van der Waals surface area contributed by atoms with Crippen molar-refractivity contribution in [3.63, 3.8) is 0 Å². The van der Waals surface area contributed by atoms with E-state index in [2.05, 4.69) is 23.1 Å². The highest BCUT2D eigenvalue weighted by molar-refractivity contribution is 7.88. The summed E-state index contributed by atoms with van der Waals surface area (Å²) >= 11 is 0. The van der Waals surface area contributed by atoms with Crippen LogP contribution in [0.3, 0.4) is 0 Å². The summed E-state index contributed by atoms with van der Waals surface area (Å²) in [6.45, 7) is 3.48. The normalized spacial score (nSPS) is 23.9. The van der Waals surface area contributed by atoms with Crippen molar-refractivity contribution in [3.05, 3.63) is 23.9 Å². The van der Waals surface area contributed by atoms with Crippen LogP contribution in [0.25, 0.3) is 0 Å². The van der Waals surface area contributed by atoms with Crippen LogP contribution >= 0.6 is 0 Å². The SMILES string of the molecule is CS(=O)(=O)N1CC[C@H](Cc2cccc(N3CCCC3)n2)C1. The van der Waals surface area contributed by atoms with E-state index in [1.807, 2.05) is 0 Å². The second-order valence-electron chi connectivity index (χ2n) is 6.16. The Balaban J connectivity index is 1.64. The first-order chi connectivity index (χ1) is 10.0. The molecule has 21 heavy (non-hydrogen) atoms. The number of pyridine rings is 1. The van der Waals surface area contributed by atoms with Crippen LogP contribution in [0.1, 0.15) is 25.0 Å². The molecule has 0 unspecified atom stereocenters. The average Bonchev–Trinajstić information content (AvgIpc) is 3.09. The molecule has 0 amide bonds. The van der Waals surface area contributed by atoms with Gasteiger partial charge in [-0.05, 0) is 43.7 Å². The molecule has 6 heteroatoms. The van der Waals surface area contributed by atoms with Crippen LogP contribution in [0, 0.1) is 5.92 Å². The van der Waals surface area contributed by atoms with Crippen LogP contribution in [0.2, 0.25) is 0 Å². The maximum absolute atomic E-state index is 11.6. The fraction of sp³-hybridized carbons (Fsp3) is 0.667. The van der Waals surface area contributed by atoms with E-state index in [9.17, 15) is 8.42 Å². The van der Waals surface area contributed by atoms with Crippen molar-refractivity contribution in [1.82, 2.24) is 9.29 Å². The molecule has 2 saturated heterocycles. The van der Waals surface area contributed by atoms with Crippen molar-refractivity contribution < 1.29 is 8.42 Å². The summed E-state index contributed by atoms with van der Waals surface area (Å²) < 4.78 is 24.7. The van der Waals surface area contributed by atoms with Crippen molar-refractivity contribution in [2.45, 2.75) is 25.7 Å². The fourth-order valence-corrected chi connectivity index (χ4v) is 4.18. The van der Waals surface area contributed by atoms with Crippen molar-refractivity contribution in [2.24, 2.45) is 5.92 Å². The second kappa shape index (κ2) is 5.93. The average molecular weight is 309 g/mol. The number of hydrogen-bond donors (Lipinski definition) is 0. The fourth-order valence-electron chi connectivity index (χ4n) is 3.26. The van der Waals surface area contributed by atoms with Gasteiger partial charge in [-0.25, -0.2) is 17.7 Å². The summed E-state index contributed by atoms with van der Waals surface area (Å²) in [5, 5.41) is 0. The summed E-state index contributed by atoms with van der Waals surface area (Å²) in [4.78, 5) is 7.10. The van der Waals surface area contributed by atoms with E-state index in [0.717, 1.165) is 37.4 Å². The van der Waals surface area contributed by atoms with Gasteiger partial charge in [0.15, 0.2) is 0 Å². The number of hydrogen-bond acceptors (Lipinski definition) is 4. The predicted octanol–water partition coefficient (Wildman–Crippen LogP) is 1.51. The minimum Gasteiger partial charge on any atom is -0.357 e. The molecule has 3 heterocycles. The van der Waals surface area contributed by atoms with Gasteiger partial charge in [0.2, 0.25) is 10.0 Å². The van der Waals surface area contributed by atoms with Crippen LogP contribution in [-0.4, -0.2) is 50.1 Å². The van der Waals surface area contributed by atoms with Gasteiger partial charge in [-0.3, -0.25) is 0 Å². The van der Waals surface area contributed by atoms with E-state index >= 15 is 0 Å². The highest BCUT2D eigenvalue weighted by Crippen LogP contribution is 2.24. The van der Waals surface area contributed by atoms with Gasteiger partial charge in [0.1, 0.15) is 5.82 Å². The molecule has 1 aromatic heterocycles. The molecule has 0 saturated carbocycles. The Morgan fingerprint density at radius 2 is 2.00 bits per heavy atom. The van der Waals surface area contributed by atoms with Crippen LogP contribution in [0.4, 0.5) is 5.82 Å². The van der Waals surface area contributed by atoms with Gasteiger partial charge in [0, 0.05) is 31.9 Å². The van der Waals surface area contributed by atoms with Crippen LogP contribution in [0.15, 0.2) is 18.2 Å². The van der Waals surface area contributed by atoms with Gasteiger partial charge in [0.25, 0.3) is 0 Å². The molecule has 0 bridgehead atoms. The Morgan fingerprint density at radius 3 is 2.67 bits per heavy atom. The smallest absolute Gasteiger partial charge is 0.211 e. The lowest BCUT2D eigenvalue weighted by atomic mass is 10.0. The summed E-state index contributed by atoms with van der Waals surface area (Å²) in [7, 11) is -3.04. The number of sulfonamides is 1. The number of nitrogens with zero attached hydrogens (tertiary/aromatic N) is 3. The minimum absolute atomic E-state index is 0.390. The van der Waals surface area contributed by atoms with Gasteiger partial charge in [-0.2, -0.15) is 0 Å². The molecule has 0 spiro atoms. The van der Waals surface area contributed by atoms with E-state index in [-0.39, 0.29) is 0 Å². The largest absolute Gasteiger partial charge is 0.357 e. The molecule has 0 N–H and O–H groups in total. The molecule has 0 radical (unpaired) electrons. The molecule has 5 nitrogen and oxygen atoms in total. The van der Waals surface area contributed by atoms with E-state index in [1.165, 1.54) is 19.1 Å². The van der Waals surface area contributed by atoms with Crippen molar-refractivity contribution in [2.75, 3.05) is 37.3 Å². The maximum atomic E-state index is 11.6. The quantitative estimate of drug-likeness (QED) is 0.846. The van der Waals surface area contributed by atoms with E-state index in [4.69, 9.17) is 4.98 Å². The highest BCUT2D eigenvalue weighted by atomic mass is 32.2. The number of aromatic nitrogens is 1. The molecule has 1 atom stereocenters. The zero-order valence-electron chi connectivity index (χ0n) is 12.5. The summed E-state index contributed by atoms with van der Waals surface area (Å²) in [5.74, 6) is 1.46. The van der Waals surface area contributed by atoms with Gasteiger partial charge >= 0.3 is 0 Å². The first kappa shape index (κ1) is 14.8. The van der Waals surface area contributed by atoms with Crippen LogP contribution < -0.4 is 4.90 Å². The third-order valence-corrected chi connectivity index (χ3v) is 5.71. The molecular formula is C15H23N3O2S. The van der Waals surface area contributed by atoms with Gasteiger partial charge < -0.3 is 4.90 Å². The zero-order chi connectivity index (χ0) is 14.9. The molecule has 2 aliphatic heterocycles. The Morgan fingerprint density at radius 1 is 1.24 bits per heavy atom. The molecule has 0 aromatic carbocycles. The van der Waals surface area contributed by atoms with Gasteiger partial charge in [-0.15, -0.1) is 0 Å². The number of rotatable bonds is 4. The zero-order valence-corrected chi connectivity index (χ0v) is 13.3. The molecular weight excluding hydrogens is 286 g/mol. The monoisotopic (exact) mass is 309 g/mol. The minimum atomic E-state index is -3.04. The van der Waals surface area contributed by atoms with Crippen LogP contribution in [-0.2, 0) is 16.4 Å². The van der Waals surface area contributed by atoms with E-state index in [1.54, 1.807) is 4.31 Å². The first-order valence-electron chi connectivity index (χ1n) is 7.68. The third-order valence-electron chi connectivity index (χ3n) is 4.44. The molecule has 3 rings (SSSR count). The van der Waals surface area contributed by atoms with Crippen LogP contribution in [0.5, 0.6) is 0 Å². The molecule has 2 fully saturated rings. The first-order valence-corrected chi connectivity index (χ1v) is 9.53. The van der Waals surface area contributed by atoms with Crippen molar-refractivity contribution in [1.29, 1.82) is 0 Å². The highest BCUT2D eigenvalue weighted by Gasteiger charge is 2.28. The van der Waals surface area contributed by atoms with Crippen molar-refractivity contribution in [3.8, 4) is 0 Å². The Hall–Kier alpha value is -1.14. The predicted molar refractivity (Wildman–Crippen MR) is 83.9 cm³/mol. The summed E-state index contributed by atoms with van der Waals surface area (Å²) in [6, 6.07) is 6.20. The molecule has 2 aliphatic rings. The van der Waals surface area contributed by atoms with Gasteiger partial charge in [-0.1, -0.05) is 6.07 Å². The molecule has 116 valence electrons. The Bertz CT molecular complexity index is 597. The third kappa shape index (κ3) is 3.55. The summed E-state index contributed by atoms with van der Waals surface area (Å²) in [6.07, 6.45) is 5.59. The summed E-state index contributed by atoms with van der Waals surface area (Å²) in [5.41, 5.74) is 1.08. The second-order valence-corrected chi connectivity index (χ2v) is 8.14. The Labute approximate surface area is 127 Å². The standard InChI is InChI=1S/C15H23N3O2S/c1-21(19,20)18-10-7-13(12-18)11-14-5-4-6-15(16-14)17-8-2-3-9-17/h4-6,13H,2-3,7-12H2,1H3/t13-/m1/s1. The Kier molecular flexibility index (Phi) is 4.17. The lowest BCUT2D eigenvalue weighted by Gasteiger charge is -2.18. The lowest BCUT2D eigenvalue weighted by Crippen LogP contribution is -2.27. The lowest BCUT2D eigenvalue weighted by molar-refractivity contribution is 0.459. The topological polar surface area (TPSA) is 53.5 Å². The maximum Gasteiger partial charge on any atom is 0.211 e. The van der Waals surface area contributed by atoms with Crippen molar-refractivity contribution >= 4 is 15.8 Å². The van der Waals surface area contributed by atoms with Gasteiger partial charge in [0.05, 0.1) is 6.26 Å². The van der Waals surface area contributed by atoms with E-state index in [0.29, 0.717) is 19.0 Å². The molecule has 1 aromatic rings.